The third kappa shape index (κ3) is 1.99. The number of aromatic nitrogens is 4. The molecule has 0 aliphatic rings. The van der Waals surface area contributed by atoms with E-state index in [-0.39, 0.29) is 0 Å². The summed E-state index contributed by atoms with van der Waals surface area (Å²) in [5, 5.41) is 8.03. The molecule has 3 aromatic rings. The van der Waals surface area contributed by atoms with Gasteiger partial charge in [-0.2, -0.15) is 0 Å². The molecule has 1 aromatic carbocycles. The molecular weight excluding hydrogens is 258 g/mol. The van der Waals surface area contributed by atoms with Crippen LogP contribution in [0.1, 0.15) is 5.82 Å². The fourth-order valence-electron chi connectivity index (χ4n) is 1.83. The summed E-state index contributed by atoms with van der Waals surface area (Å²) in [6.07, 6.45) is 3.39. The number of methoxy groups -OCH3 is 1. The second-order valence-electron chi connectivity index (χ2n) is 4.18. The number of fused-ring (bicyclic) bond motifs is 1. The summed E-state index contributed by atoms with van der Waals surface area (Å²) in [5.41, 5.74) is 6.92. The number of rotatable bonds is 3. The van der Waals surface area contributed by atoms with Crippen LogP contribution in [0.4, 0.5) is 5.69 Å². The first-order valence-corrected chi connectivity index (χ1v) is 5.97. The van der Waals surface area contributed by atoms with E-state index < -0.39 is 0 Å². The van der Waals surface area contributed by atoms with Gasteiger partial charge in [0.1, 0.15) is 11.6 Å². The molecule has 0 spiro atoms. The summed E-state index contributed by atoms with van der Waals surface area (Å²) in [6, 6.07) is 5.17. The molecule has 2 N–H and O–H groups in total. The lowest BCUT2D eigenvalue weighted by Crippen LogP contribution is -1.97. The largest absolute Gasteiger partial charge is 0.497 e. The van der Waals surface area contributed by atoms with Gasteiger partial charge in [0.15, 0.2) is 5.75 Å². The van der Waals surface area contributed by atoms with Gasteiger partial charge in [0, 0.05) is 18.5 Å². The minimum atomic E-state index is 0.341. The normalized spacial score (nSPS) is 10.7. The summed E-state index contributed by atoms with van der Waals surface area (Å²) >= 11 is 0. The van der Waals surface area contributed by atoms with E-state index in [4.69, 9.17) is 15.2 Å². The lowest BCUT2D eigenvalue weighted by Gasteiger charge is -2.09. The van der Waals surface area contributed by atoms with Crippen LogP contribution in [0.25, 0.3) is 5.65 Å². The van der Waals surface area contributed by atoms with Gasteiger partial charge in [-0.1, -0.05) is 0 Å². The summed E-state index contributed by atoms with van der Waals surface area (Å²) in [5.74, 6) is 2.21. The van der Waals surface area contributed by atoms with Crippen molar-refractivity contribution in [1.29, 1.82) is 0 Å². The Kier molecular flexibility index (Phi) is 2.86. The molecule has 0 saturated carbocycles. The molecule has 3 rings (SSSR count). The van der Waals surface area contributed by atoms with Gasteiger partial charge in [0.2, 0.25) is 5.65 Å². The van der Waals surface area contributed by atoms with Crippen LogP contribution in [0, 0.1) is 6.92 Å². The molecule has 102 valence electrons. The highest BCUT2D eigenvalue weighted by molar-refractivity contribution is 5.59. The zero-order valence-corrected chi connectivity index (χ0v) is 11.1. The molecule has 0 aliphatic carbocycles. The van der Waals surface area contributed by atoms with Gasteiger partial charge in [0.05, 0.1) is 12.8 Å². The Balaban J connectivity index is 2.05. The van der Waals surface area contributed by atoms with Gasteiger partial charge >= 0.3 is 0 Å². The number of aryl methyl sites for hydroxylation is 1. The first-order chi connectivity index (χ1) is 9.69. The van der Waals surface area contributed by atoms with Gasteiger partial charge in [-0.05, 0) is 19.1 Å². The number of hydrogen-bond acceptors (Lipinski definition) is 6. The fourth-order valence-corrected chi connectivity index (χ4v) is 1.83. The molecule has 0 saturated heterocycles. The average Bonchev–Trinajstić information content (AvgIpc) is 2.84. The number of nitrogens with zero attached hydrogens (tertiary/aromatic N) is 4. The van der Waals surface area contributed by atoms with E-state index in [0.29, 0.717) is 28.7 Å². The van der Waals surface area contributed by atoms with Crippen LogP contribution in [-0.4, -0.2) is 26.7 Å². The minimum absolute atomic E-state index is 0.341. The van der Waals surface area contributed by atoms with Crippen molar-refractivity contribution in [1.82, 2.24) is 19.6 Å². The van der Waals surface area contributed by atoms with Gasteiger partial charge in [-0.3, -0.25) is 4.40 Å². The number of nitrogens with two attached hydrogens (primary N) is 1. The average molecular weight is 271 g/mol. The lowest BCUT2D eigenvalue weighted by molar-refractivity contribution is 0.408. The van der Waals surface area contributed by atoms with Crippen molar-refractivity contribution in [2.24, 2.45) is 0 Å². The molecular formula is C13H13N5O2. The maximum absolute atomic E-state index is 5.89. The van der Waals surface area contributed by atoms with Gasteiger partial charge in [0.25, 0.3) is 5.88 Å². The van der Waals surface area contributed by atoms with Crippen molar-refractivity contribution in [3.05, 3.63) is 36.4 Å². The predicted octanol–water partition coefficient (Wildman–Crippen LogP) is 1.82. The standard InChI is InChI=1S/C13H13N5O2/c1-8-16-17-12-13(15-5-6-18(8)12)20-11-7-9(19-2)3-4-10(11)14/h3-7H,14H2,1-2H3. The summed E-state index contributed by atoms with van der Waals surface area (Å²) in [7, 11) is 1.58. The summed E-state index contributed by atoms with van der Waals surface area (Å²) < 4.78 is 12.7. The smallest absolute Gasteiger partial charge is 0.265 e. The van der Waals surface area contributed by atoms with Crippen molar-refractivity contribution >= 4 is 11.3 Å². The molecule has 0 atom stereocenters. The van der Waals surface area contributed by atoms with Crippen molar-refractivity contribution in [3.63, 3.8) is 0 Å². The highest BCUT2D eigenvalue weighted by atomic mass is 16.5. The molecule has 2 aromatic heterocycles. The maximum Gasteiger partial charge on any atom is 0.265 e. The predicted molar refractivity (Wildman–Crippen MR) is 73.0 cm³/mol. The van der Waals surface area contributed by atoms with Crippen LogP contribution in [0.5, 0.6) is 17.4 Å². The monoisotopic (exact) mass is 271 g/mol. The van der Waals surface area contributed by atoms with Crippen LogP contribution in [0.15, 0.2) is 30.6 Å². The number of nitrogen functional groups attached to an aromatic ring is 1. The van der Waals surface area contributed by atoms with Crippen molar-refractivity contribution in [3.8, 4) is 17.4 Å². The molecule has 0 fully saturated rings. The topological polar surface area (TPSA) is 87.6 Å². The quantitative estimate of drug-likeness (QED) is 0.731. The zero-order chi connectivity index (χ0) is 14.1. The van der Waals surface area contributed by atoms with E-state index >= 15 is 0 Å². The third-order valence-electron chi connectivity index (χ3n) is 2.89. The SMILES string of the molecule is COc1ccc(N)c(Oc2nccn3c(C)nnc23)c1. The van der Waals surface area contributed by atoms with E-state index in [1.807, 2.05) is 6.92 Å². The van der Waals surface area contributed by atoms with Crippen LogP contribution in [-0.2, 0) is 0 Å². The van der Waals surface area contributed by atoms with Crippen molar-refractivity contribution in [2.75, 3.05) is 12.8 Å². The van der Waals surface area contributed by atoms with Gasteiger partial charge < -0.3 is 15.2 Å². The van der Waals surface area contributed by atoms with E-state index in [9.17, 15) is 0 Å². The van der Waals surface area contributed by atoms with Gasteiger partial charge in [-0.15, -0.1) is 10.2 Å². The highest BCUT2D eigenvalue weighted by Crippen LogP contribution is 2.31. The molecule has 0 bridgehead atoms. The van der Waals surface area contributed by atoms with Crippen LogP contribution < -0.4 is 15.2 Å². The van der Waals surface area contributed by atoms with Gasteiger partial charge in [-0.25, -0.2) is 4.98 Å². The van der Waals surface area contributed by atoms with E-state index in [2.05, 4.69) is 15.2 Å². The number of ether oxygens (including phenoxy) is 2. The van der Waals surface area contributed by atoms with Crippen molar-refractivity contribution in [2.45, 2.75) is 6.92 Å². The third-order valence-corrected chi connectivity index (χ3v) is 2.89. The zero-order valence-electron chi connectivity index (χ0n) is 11.1. The van der Waals surface area contributed by atoms with E-state index in [1.54, 1.807) is 42.1 Å². The van der Waals surface area contributed by atoms with E-state index in [1.165, 1.54) is 0 Å². The molecule has 7 heteroatoms. The molecule has 20 heavy (non-hydrogen) atoms. The Morgan fingerprint density at radius 1 is 1.25 bits per heavy atom. The molecule has 7 nitrogen and oxygen atoms in total. The fraction of sp³-hybridized carbons (Fsp3) is 0.154. The molecule has 0 aliphatic heterocycles. The Hall–Kier alpha value is -2.83. The summed E-state index contributed by atoms with van der Waals surface area (Å²) in [6.45, 7) is 1.85. The Labute approximate surface area is 115 Å². The van der Waals surface area contributed by atoms with Crippen LogP contribution >= 0.6 is 0 Å². The van der Waals surface area contributed by atoms with E-state index in [0.717, 1.165) is 5.82 Å². The Bertz CT molecular complexity index is 769. The molecule has 2 heterocycles. The molecule has 0 amide bonds. The Morgan fingerprint density at radius 3 is 2.90 bits per heavy atom. The number of benzene rings is 1. The van der Waals surface area contributed by atoms with Crippen molar-refractivity contribution < 1.29 is 9.47 Å². The second-order valence-corrected chi connectivity index (χ2v) is 4.18. The number of anilines is 1. The Morgan fingerprint density at radius 2 is 2.10 bits per heavy atom. The van der Waals surface area contributed by atoms with Crippen LogP contribution in [0.3, 0.4) is 0 Å². The lowest BCUT2D eigenvalue weighted by atomic mass is 10.3. The second kappa shape index (κ2) is 4.69. The first kappa shape index (κ1) is 12.2. The molecule has 0 radical (unpaired) electrons. The summed E-state index contributed by atoms with van der Waals surface area (Å²) in [4.78, 5) is 4.17. The molecule has 0 unspecified atom stereocenters. The van der Waals surface area contributed by atoms with Crippen LogP contribution in [0.2, 0.25) is 0 Å². The first-order valence-electron chi connectivity index (χ1n) is 5.97. The minimum Gasteiger partial charge on any atom is -0.497 e. The maximum atomic E-state index is 5.89. The number of hydrogen-bond donors (Lipinski definition) is 1. The highest BCUT2D eigenvalue weighted by Gasteiger charge is 2.12.